The second kappa shape index (κ2) is 4.77. The first-order valence-electron chi connectivity index (χ1n) is 3.58. The van der Waals surface area contributed by atoms with E-state index >= 15 is 0 Å². The Morgan fingerprint density at radius 1 is 1.36 bits per heavy atom. The van der Waals surface area contributed by atoms with Crippen molar-refractivity contribution in [1.29, 1.82) is 0 Å². The molecule has 14 heavy (non-hydrogen) atoms. The molecular weight excluding hydrogens is 237 g/mol. The second-order valence-electron chi connectivity index (χ2n) is 2.39. The van der Waals surface area contributed by atoms with Gasteiger partial charge in [0.05, 0.1) is 11.6 Å². The molecule has 2 nitrogen and oxygen atoms in total. The van der Waals surface area contributed by atoms with Crippen LogP contribution in [0.15, 0.2) is 12.1 Å². The molecule has 0 saturated heterocycles. The smallest absolute Gasteiger partial charge is 0.387 e. The summed E-state index contributed by atoms with van der Waals surface area (Å²) in [5, 5.41) is 8.79. The van der Waals surface area contributed by atoms with Crippen LogP contribution >= 0.6 is 23.2 Å². The average Bonchev–Trinajstić information content (AvgIpc) is 2.13. The number of halogens is 4. The first-order valence-corrected chi connectivity index (χ1v) is 4.34. The molecule has 0 radical (unpaired) electrons. The quantitative estimate of drug-likeness (QED) is 0.883. The minimum absolute atomic E-state index is 0.0968. The highest BCUT2D eigenvalue weighted by molar-refractivity contribution is 6.43. The summed E-state index contributed by atoms with van der Waals surface area (Å²) in [4.78, 5) is 0. The van der Waals surface area contributed by atoms with Gasteiger partial charge >= 0.3 is 6.61 Å². The topological polar surface area (TPSA) is 29.5 Å². The molecule has 0 aliphatic rings. The van der Waals surface area contributed by atoms with E-state index in [2.05, 4.69) is 4.74 Å². The van der Waals surface area contributed by atoms with Crippen molar-refractivity contribution >= 4 is 23.2 Å². The number of rotatable bonds is 3. The molecule has 0 saturated carbocycles. The maximum absolute atomic E-state index is 11.9. The van der Waals surface area contributed by atoms with Gasteiger partial charge in [-0.1, -0.05) is 29.3 Å². The summed E-state index contributed by atoms with van der Waals surface area (Å²) >= 11 is 11.2. The lowest BCUT2D eigenvalue weighted by Crippen LogP contribution is -2.05. The minimum Gasteiger partial charge on any atom is -0.433 e. The van der Waals surface area contributed by atoms with Gasteiger partial charge in [0.2, 0.25) is 0 Å². The molecule has 1 rings (SSSR count). The summed E-state index contributed by atoms with van der Waals surface area (Å²) in [7, 11) is 0. The van der Waals surface area contributed by atoms with Crippen LogP contribution < -0.4 is 4.74 Å². The molecule has 78 valence electrons. The average molecular weight is 243 g/mol. The van der Waals surface area contributed by atoms with E-state index in [1.54, 1.807) is 0 Å². The summed E-state index contributed by atoms with van der Waals surface area (Å²) in [6.45, 7) is -3.45. The van der Waals surface area contributed by atoms with Crippen molar-refractivity contribution in [3.8, 4) is 5.75 Å². The van der Waals surface area contributed by atoms with E-state index in [1.165, 1.54) is 12.1 Å². The zero-order valence-corrected chi connectivity index (χ0v) is 8.32. The first kappa shape index (κ1) is 11.5. The molecule has 1 N–H and O–H groups in total. The Morgan fingerprint density at radius 3 is 2.50 bits per heavy atom. The molecule has 0 atom stereocenters. The fraction of sp³-hybridized carbons (Fsp3) is 0.250. The number of aliphatic hydroxyl groups excluding tert-OH is 1. The van der Waals surface area contributed by atoms with Gasteiger partial charge in [-0.2, -0.15) is 8.78 Å². The first-order chi connectivity index (χ1) is 6.56. The van der Waals surface area contributed by atoms with Crippen molar-refractivity contribution in [2.24, 2.45) is 0 Å². The van der Waals surface area contributed by atoms with E-state index in [0.717, 1.165) is 0 Å². The Bertz CT molecular complexity index is 331. The predicted molar refractivity (Wildman–Crippen MR) is 49.0 cm³/mol. The summed E-state index contributed by atoms with van der Waals surface area (Å²) in [5.41, 5.74) is 0.166. The monoisotopic (exact) mass is 242 g/mol. The third kappa shape index (κ3) is 2.47. The van der Waals surface area contributed by atoms with E-state index in [1.807, 2.05) is 0 Å². The predicted octanol–water partition coefficient (Wildman–Crippen LogP) is 3.09. The van der Waals surface area contributed by atoms with Gasteiger partial charge in [0, 0.05) is 5.56 Å². The van der Waals surface area contributed by atoms with Gasteiger partial charge < -0.3 is 9.84 Å². The van der Waals surface area contributed by atoms with Crippen molar-refractivity contribution in [2.45, 2.75) is 13.2 Å². The van der Waals surface area contributed by atoms with Crippen LogP contribution in [-0.4, -0.2) is 11.7 Å². The number of hydrogen-bond donors (Lipinski definition) is 1. The van der Waals surface area contributed by atoms with Gasteiger partial charge in [-0.25, -0.2) is 0 Å². The Morgan fingerprint density at radius 2 is 2.00 bits per heavy atom. The fourth-order valence-corrected chi connectivity index (χ4v) is 1.29. The third-order valence-electron chi connectivity index (χ3n) is 1.51. The normalized spacial score (nSPS) is 10.7. The second-order valence-corrected chi connectivity index (χ2v) is 3.17. The van der Waals surface area contributed by atoms with Crippen LogP contribution in [0.25, 0.3) is 0 Å². The van der Waals surface area contributed by atoms with Crippen LogP contribution in [0.1, 0.15) is 5.56 Å². The molecule has 6 heteroatoms. The molecular formula is C8H6Cl2F2O2. The van der Waals surface area contributed by atoms with Gasteiger partial charge in [-0.05, 0) is 6.07 Å². The molecule has 0 unspecified atom stereocenters. The van der Waals surface area contributed by atoms with Crippen molar-refractivity contribution in [1.82, 2.24) is 0 Å². The van der Waals surface area contributed by atoms with E-state index in [4.69, 9.17) is 28.3 Å². The molecule has 0 amide bonds. The van der Waals surface area contributed by atoms with Gasteiger partial charge in [-0.15, -0.1) is 0 Å². The lowest BCUT2D eigenvalue weighted by molar-refractivity contribution is -0.0508. The minimum atomic E-state index is -3.00. The molecule has 0 bridgehead atoms. The number of alkyl halides is 2. The molecule has 0 aromatic heterocycles. The summed E-state index contributed by atoms with van der Waals surface area (Å²) in [6.07, 6.45) is 0. The molecule has 0 aliphatic heterocycles. The van der Waals surface area contributed by atoms with E-state index in [9.17, 15) is 8.78 Å². The molecule has 0 spiro atoms. The van der Waals surface area contributed by atoms with Gasteiger partial charge in [0.15, 0.2) is 5.75 Å². The summed E-state index contributed by atoms with van der Waals surface area (Å²) < 4.78 is 28.0. The number of benzene rings is 1. The number of aliphatic hydroxyl groups is 1. The largest absolute Gasteiger partial charge is 0.433 e. The van der Waals surface area contributed by atoms with Gasteiger partial charge in [0.25, 0.3) is 0 Å². The van der Waals surface area contributed by atoms with Crippen molar-refractivity contribution in [2.75, 3.05) is 0 Å². The van der Waals surface area contributed by atoms with Crippen LogP contribution in [0.5, 0.6) is 5.75 Å². The van der Waals surface area contributed by atoms with E-state index in [-0.39, 0.29) is 21.4 Å². The van der Waals surface area contributed by atoms with Crippen LogP contribution in [0.3, 0.4) is 0 Å². The summed E-state index contributed by atoms with van der Waals surface area (Å²) in [6, 6.07) is 2.76. The highest BCUT2D eigenvalue weighted by Crippen LogP contribution is 2.36. The molecule has 1 aromatic rings. The van der Waals surface area contributed by atoms with Crippen LogP contribution in [0.4, 0.5) is 8.78 Å². The van der Waals surface area contributed by atoms with E-state index < -0.39 is 13.2 Å². The Hall–Kier alpha value is -0.580. The fourth-order valence-electron chi connectivity index (χ4n) is 0.913. The molecule has 0 aliphatic carbocycles. The standard InChI is InChI=1S/C8H6Cl2F2O2/c9-5-2-1-4(3-13)7(6(5)10)14-8(11)12/h1-2,8,13H,3H2. The van der Waals surface area contributed by atoms with E-state index in [0.29, 0.717) is 0 Å². The van der Waals surface area contributed by atoms with Crippen molar-refractivity contribution in [3.05, 3.63) is 27.7 Å². The van der Waals surface area contributed by atoms with Crippen LogP contribution in [-0.2, 0) is 6.61 Å². The zero-order valence-electron chi connectivity index (χ0n) is 6.81. The Kier molecular flexibility index (Phi) is 3.92. The Labute approximate surface area is 89.0 Å². The highest BCUT2D eigenvalue weighted by Gasteiger charge is 2.15. The van der Waals surface area contributed by atoms with Crippen molar-refractivity contribution in [3.63, 3.8) is 0 Å². The van der Waals surface area contributed by atoms with Crippen LogP contribution in [0, 0.1) is 0 Å². The third-order valence-corrected chi connectivity index (χ3v) is 2.30. The van der Waals surface area contributed by atoms with Gasteiger partial charge in [-0.3, -0.25) is 0 Å². The highest BCUT2D eigenvalue weighted by atomic mass is 35.5. The Balaban J connectivity index is 3.14. The molecule has 0 heterocycles. The molecule has 0 fully saturated rings. The zero-order chi connectivity index (χ0) is 10.7. The summed E-state index contributed by atoms with van der Waals surface area (Å²) in [5.74, 6) is -0.281. The van der Waals surface area contributed by atoms with Gasteiger partial charge in [0.1, 0.15) is 5.02 Å². The molecule has 1 aromatic carbocycles. The maximum Gasteiger partial charge on any atom is 0.387 e. The maximum atomic E-state index is 11.9. The SMILES string of the molecule is OCc1ccc(Cl)c(Cl)c1OC(F)F. The number of ether oxygens (including phenoxy) is 1. The lowest BCUT2D eigenvalue weighted by atomic mass is 10.2. The van der Waals surface area contributed by atoms with Crippen molar-refractivity contribution < 1.29 is 18.6 Å². The number of hydrogen-bond acceptors (Lipinski definition) is 2. The van der Waals surface area contributed by atoms with Crippen LogP contribution in [0.2, 0.25) is 10.0 Å². The lowest BCUT2D eigenvalue weighted by Gasteiger charge is -2.11.